The van der Waals surface area contributed by atoms with Crippen LogP contribution in [0.4, 0.5) is 5.69 Å². The predicted molar refractivity (Wildman–Crippen MR) is 115 cm³/mol. The second-order valence-corrected chi connectivity index (χ2v) is 8.07. The van der Waals surface area contributed by atoms with Gasteiger partial charge in [0.15, 0.2) is 5.16 Å². The van der Waals surface area contributed by atoms with E-state index in [2.05, 4.69) is 16.3 Å². The van der Waals surface area contributed by atoms with Crippen LogP contribution in [0.1, 0.15) is 24.5 Å². The van der Waals surface area contributed by atoms with Gasteiger partial charge in [-0.3, -0.25) is 9.36 Å². The van der Waals surface area contributed by atoms with Gasteiger partial charge in [-0.15, -0.1) is 10.2 Å². The maximum atomic E-state index is 13.2. The van der Waals surface area contributed by atoms with Gasteiger partial charge in [0, 0.05) is 12.2 Å². The Hall–Kier alpha value is -3.11. The number of nitrogens with zero attached hydrogens (tertiary/aromatic N) is 5. The first-order chi connectivity index (χ1) is 14.0. The summed E-state index contributed by atoms with van der Waals surface area (Å²) >= 11 is 1.36. The molecule has 0 fully saturated rings. The van der Waals surface area contributed by atoms with Crippen molar-refractivity contribution in [3.05, 3.63) is 66.0 Å². The summed E-state index contributed by atoms with van der Waals surface area (Å²) < 4.78 is 1.90. The average molecular weight is 406 g/mol. The van der Waals surface area contributed by atoms with E-state index in [0.717, 1.165) is 22.5 Å². The number of carbonyl (C=O) groups is 1. The van der Waals surface area contributed by atoms with Crippen molar-refractivity contribution in [2.75, 3.05) is 11.4 Å². The van der Waals surface area contributed by atoms with Crippen molar-refractivity contribution in [3.8, 4) is 11.8 Å². The number of amides is 1. The maximum Gasteiger partial charge on any atom is 0.240 e. The summed E-state index contributed by atoms with van der Waals surface area (Å²) in [7, 11) is 0. The van der Waals surface area contributed by atoms with Crippen LogP contribution in [0.15, 0.2) is 60.0 Å². The summed E-state index contributed by atoms with van der Waals surface area (Å²) in [5.41, 5.74) is 4.00. The van der Waals surface area contributed by atoms with E-state index < -0.39 is 0 Å². The molecule has 0 N–H and O–H groups in total. The molecular formula is C22H23N5OS. The van der Waals surface area contributed by atoms with Crippen molar-refractivity contribution in [2.45, 2.75) is 37.6 Å². The van der Waals surface area contributed by atoms with Gasteiger partial charge in [0.05, 0.1) is 23.4 Å². The van der Waals surface area contributed by atoms with E-state index in [0.29, 0.717) is 11.7 Å². The van der Waals surface area contributed by atoms with Crippen molar-refractivity contribution in [2.24, 2.45) is 0 Å². The van der Waals surface area contributed by atoms with Gasteiger partial charge in [0.25, 0.3) is 0 Å². The lowest BCUT2D eigenvalue weighted by Crippen LogP contribution is -2.37. The highest BCUT2D eigenvalue weighted by Gasteiger charge is 2.25. The van der Waals surface area contributed by atoms with Crippen LogP contribution < -0.4 is 4.90 Å². The normalized spacial score (nSPS) is 11.7. The van der Waals surface area contributed by atoms with E-state index in [-0.39, 0.29) is 17.6 Å². The molecule has 148 valence electrons. The molecule has 2 aromatic carbocycles. The highest BCUT2D eigenvalue weighted by atomic mass is 32.2. The zero-order chi connectivity index (χ0) is 20.8. The Labute approximate surface area is 175 Å². The Balaban J connectivity index is 1.82. The van der Waals surface area contributed by atoms with Crippen molar-refractivity contribution in [1.82, 2.24) is 14.8 Å². The highest BCUT2D eigenvalue weighted by molar-refractivity contribution is 8.00. The lowest BCUT2D eigenvalue weighted by Gasteiger charge is -2.25. The van der Waals surface area contributed by atoms with Crippen molar-refractivity contribution >= 4 is 23.4 Å². The van der Waals surface area contributed by atoms with Gasteiger partial charge in [-0.25, -0.2) is 0 Å². The van der Waals surface area contributed by atoms with Crippen LogP contribution in [0.25, 0.3) is 5.69 Å². The Bertz CT molecular complexity index is 1020. The lowest BCUT2D eigenvalue weighted by molar-refractivity contribution is -0.117. The van der Waals surface area contributed by atoms with Gasteiger partial charge >= 0.3 is 0 Å². The third kappa shape index (κ3) is 4.84. The number of hydrogen-bond acceptors (Lipinski definition) is 5. The maximum absolute atomic E-state index is 13.2. The van der Waals surface area contributed by atoms with Crippen molar-refractivity contribution in [1.29, 1.82) is 5.26 Å². The molecule has 1 unspecified atom stereocenters. The Morgan fingerprint density at radius 3 is 2.62 bits per heavy atom. The number of rotatable bonds is 7. The molecule has 0 radical (unpaired) electrons. The molecular weight excluding hydrogens is 382 g/mol. The number of aromatic nitrogens is 3. The van der Waals surface area contributed by atoms with Gasteiger partial charge in [-0.05, 0) is 44.5 Å². The molecule has 1 amide bonds. The minimum absolute atomic E-state index is 0.0616. The van der Waals surface area contributed by atoms with Crippen LogP contribution in [0.2, 0.25) is 0 Å². The van der Waals surface area contributed by atoms with Crippen LogP contribution in [0.3, 0.4) is 0 Å². The molecule has 1 heterocycles. The Kier molecular flexibility index (Phi) is 6.68. The minimum atomic E-state index is -0.387. The van der Waals surface area contributed by atoms with Crippen LogP contribution >= 0.6 is 11.8 Å². The zero-order valence-electron chi connectivity index (χ0n) is 16.7. The summed E-state index contributed by atoms with van der Waals surface area (Å²) in [6, 6.07) is 17.9. The summed E-state index contributed by atoms with van der Waals surface area (Å²) in [5, 5.41) is 17.5. The fourth-order valence-electron chi connectivity index (χ4n) is 2.98. The van der Waals surface area contributed by atoms with Crippen molar-refractivity contribution in [3.63, 3.8) is 0 Å². The molecule has 0 aliphatic heterocycles. The Morgan fingerprint density at radius 2 is 1.93 bits per heavy atom. The second kappa shape index (κ2) is 9.39. The fraction of sp³-hybridized carbons (Fsp3) is 0.273. The number of aryl methyl sites for hydroxylation is 2. The van der Waals surface area contributed by atoms with E-state index in [1.165, 1.54) is 11.8 Å². The molecule has 0 bridgehead atoms. The smallest absolute Gasteiger partial charge is 0.240 e. The van der Waals surface area contributed by atoms with Crippen LogP contribution in [-0.2, 0) is 4.79 Å². The molecule has 29 heavy (non-hydrogen) atoms. The first-order valence-electron chi connectivity index (χ1n) is 9.39. The van der Waals surface area contributed by atoms with E-state index in [1.807, 2.05) is 73.9 Å². The van der Waals surface area contributed by atoms with E-state index >= 15 is 0 Å². The lowest BCUT2D eigenvalue weighted by atomic mass is 10.2. The molecule has 3 rings (SSSR count). The number of hydrogen-bond donors (Lipinski definition) is 0. The third-order valence-electron chi connectivity index (χ3n) is 4.58. The SMILES string of the molecule is Cc1ccc(N(CCC#N)C(=O)C(C)Sc2nncn2-c2ccccc2C)cc1. The molecule has 1 aromatic heterocycles. The molecule has 0 aliphatic carbocycles. The summed E-state index contributed by atoms with van der Waals surface area (Å²) in [5.74, 6) is -0.0616. The number of nitriles is 1. The molecule has 1 atom stereocenters. The predicted octanol–water partition coefficient (Wildman–Crippen LogP) is 4.31. The molecule has 6 nitrogen and oxygen atoms in total. The Morgan fingerprint density at radius 1 is 1.21 bits per heavy atom. The van der Waals surface area contributed by atoms with Crippen molar-refractivity contribution < 1.29 is 4.79 Å². The highest BCUT2D eigenvalue weighted by Crippen LogP contribution is 2.28. The van der Waals surface area contributed by atoms with Gasteiger partial charge in [0.1, 0.15) is 6.33 Å². The van der Waals surface area contributed by atoms with E-state index in [1.54, 1.807) is 11.2 Å². The average Bonchev–Trinajstić information content (AvgIpc) is 3.17. The topological polar surface area (TPSA) is 74.8 Å². The van der Waals surface area contributed by atoms with Crippen LogP contribution in [0, 0.1) is 25.2 Å². The van der Waals surface area contributed by atoms with Gasteiger partial charge in [0.2, 0.25) is 5.91 Å². The molecule has 0 aliphatic rings. The van der Waals surface area contributed by atoms with Gasteiger partial charge in [-0.2, -0.15) is 5.26 Å². The largest absolute Gasteiger partial charge is 0.310 e. The minimum Gasteiger partial charge on any atom is -0.310 e. The summed E-state index contributed by atoms with van der Waals surface area (Å²) in [6.07, 6.45) is 1.94. The summed E-state index contributed by atoms with van der Waals surface area (Å²) in [6.45, 7) is 6.24. The molecule has 0 spiro atoms. The van der Waals surface area contributed by atoms with E-state index in [4.69, 9.17) is 5.26 Å². The number of para-hydroxylation sites is 1. The molecule has 3 aromatic rings. The van der Waals surface area contributed by atoms with E-state index in [9.17, 15) is 4.79 Å². The van der Waals surface area contributed by atoms with Gasteiger partial charge < -0.3 is 4.90 Å². The second-order valence-electron chi connectivity index (χ2n) is 6.76. The monoisotopic (exact) mass is 405 g/mol. The zero-order valence-corrected chi connectivity index (χ0v) is 17.6. The number of benzene rings is 2. The number of thioether (sulfide) groups is 1. The van der Waals surface area contributed by atoms with Crippen LogP contribution in [0.5, 0.6) is 0 Å². The standard InChI is InChI=1S/C22H23N5OS/c1-16-9-11-19(12-10-16)26(14-6-13-23)21(28)18(3)29-22-25-24-15-27(22)20-8-5-4-7-17(20)2/h4-5,7-12,15,18H,6,14H2,1-3H3. The summed E-state index contributed by atoms with van der Waals surface area (Å²) in [4.78, 5) is 14.9. The first kappa shape index (κ1) is 20.6. The fourth-order valence-corrected chi connectivity index (χ4v) is 3.88. The number of carbonyl (C=O) groups excluding carboxylic acids is 1. The quantitative estimate of drug-likeness (QED) is 0.548. The number of anilines is 1. The molecule has 0 saturated heterocycles. The molecule has 7 heteroatoms. The molecule has 0 saturated carbocycles. The third-order valence-corrected chi connectivity index (χ3v) is 5.62. The van der Waals surface area contributed by atoms with Crippen LogP contribution in [-0.4, -0.2) is 32.5 Å². The first-order valence-corrected chi connectivity index (χ1v) is 10.3. The van der Waals surface area contributed by atoms with Gasteiger partial charge in [-0.1, -0.05) is 47.7 Å².